The van der Waals surface area contributed by atoms with E-state index in [9.17, 15) is 4.79 Å². The zero-order chi connectivity index (χ0) is 23.2. The number of benzene rings is 2. The largest absolute Gasteiger partial charge is 0.496 e. The van der Waals surface area contributed by atoms with Crippen LogP contribution in [0.15, 0.2) is 42.7 Å². The van der Waals surface area contributed by atoms with Crippen molar-refractivity contribution in [1.82, 2.24) is 0 Å². The highest BCUT2D eigenvalue weighted by atomic mass is 127. The lowest BCUT2D eigenvalue weighted by atomic mass is 9.48. The van der Waals surface area contributed by atoms with Crippen LogP contribution in [0.5, 0.6) is 11.5 Å². The van der Waals surface area contributed by atoms with Crippen LogP contribution in [0.3, 0.4) is 0 Å². The van der Waals surface area contributed by atoms with Gasteiger partial charge in [0.1, 0.15) is 11.5 Å². The number of hydrogen-bond acceptors (Lipinski definition) is 4. The molecule has 4 nitrogen and oxygen atoms in total. The maximum Gasteiger partial charge on any atom is 0.337 e. The van der Waals surface area contributed by atoms with Crippen molar-refractivity contribution in [3.63, 3.8) is 0 Å². The molecule has 4 bridgehead atoms. The number of carbonyl (C=O) groups is 1. The monoisotopic (exact) mass is 558 g/mol. The van der Waals surface area contributed by atoms with Crippen molar-refractivity contribution in [3.05, 3.63) is 62.9 Å². The van der Waals surface area contributed by atoms with Crippen LogP contribution in [0.4, 0.5) is 0 Å². The molecule has 0 atom stereocenters. The molecule has 4 aliphatic carbocycles. The number of rotatable bonds is 6. The summed E-state index contributed by atoms with van der Waals surface area (Å²) in [4.78, 5) is 11.9. The summed E-state index contributed by atoms with van der Waals surface area (Å²) >= 11 is 2.21. The number of methoxy groups -OCH3 is 2. The van der Waals surface area contributed by atoms with E-state index in [0.717, 1.165) is 38.2 Å². The molecule has 0 radical (unpaired) electrons. The molecular formula is C28H31IO4. The molecule has 0 amide bonds. The molecule has 0 N–H and O–H groups in total. The van der Waals surface area contributed by atoms with Crippen LogP contribution < -0.4 is 9.47 Å². The van der Waals surface area contributed by atoms with E-state index >= 15 is 0 Å². The average molecular weight is 558 g/mol. The van der Waals surface area contributed by atoms with Crippen LogP contribution in [0.1, 0.15) is 66.9 Å². The molecule has 4 fully saturated rings. The van der Waals surface area contributed by atoms with Gasteiger partial charge in [0.2, 0.25) is 0 Å². The van der Waals surface area contributed by atoms with E-state index in [4.69, 9.17) is 14.2 Å². The highest BCUT2D eigenvalue weighted by Crippen LogP contribution is 2.61. The second-order valence-electron chi connectivity index (χ2n) is 10.2. The lowest BCUT2D eigenvalue weighted by Gasteiger charge is -2.57. The fourth-order valence-electron chi connectivity index (χ4n) is 6.87. The fourth-order valence-corrected chi connectivity index (χ4v) is 7.34. The van der Waals surface area contributed by atoms with Crippen LogP contribution >= 0.6 is 22.6 Å². The molecule has 0 heterocycles. The predicted octanol–water partition coefficient (Wildman–Crippen LogP) is 6.99. The summed E-state index contributed by atoms with van der Waals surface area (Å²) in [6, 6.07) is 12.0. The molecule has 174 valence electrons. The number of ether oxygens (including phenoxy) is 3. The lowest BCUT2D eigenvalue weighted by molar-refractivity contribution is -0.00615. The molecule has 4 aliphatic rings. The SMILES string of the molecule is COC(=O)c1ccc(I)c(O/C=C(\C)c2ccc(C34CC5CC(CC(C5)C3)C4)c(OC)c2)c1. The molecule has 4 saturated carbocycles. The Hall–Kier alpha value is -2.02. The zero-order valence-electron chi connectivity index (χ0n) is 19.5. The molecule has 2 aromatic rings. The van der Waals surface area contributed by atoms with Crippen molar-refractivity contribution < 1.29 is 19.0 Å². The van der Waals surface area contributed by atoms with Crippen molar-refractivity contribution in [2.24, 2.45) is 17.8 Å². The molecule has 6 rings (SSSR count). The molecule has 0 unspecified atom stereocenters. The van der Waals surface area contributed by atoms with E-state index in [1.54, 1.807) is 25.5 Å². The Kier molecular flexibility index (Phi) is 6.19. The Balaban J connectivity index is 1.39. The van der Waals surface area contributed by atoms with Gasteiger partial charge in [0, 0.05) is 5.56 Å². The Labute approximate surface area is 209 Å². The van der Waals surface area contributed by atoms with E-state index in [1.165, 1.54) is 51.2 Å². The summed E-state index contributed by atoms with van der Waals surface area (Å²) in [6.07, 6.45) is 10.0. The minimum Gasteiger partial charge on any atom is -0.496 e. The number of allylic oxidation sites excluding steroid dienone is 1. The Bertz CT molecular complexity index is 1070. The van der Waals surface area contributed by atoms with E-state index in [0.29, 0.717) is 16.7 Å². The van der Waals surface area contributed by atoms with E-state index in [1.807, 2.05) is 13.0 Å². The summed E-state index contributed by atoms with van der Waals surface area (Å²) in [5, 5.41) is 0. The Morgan fingerprint density at radius 3 is 2.15 bits per heavy atom. The van der Waals surface area contributed by atoms with Gasteiger partial charge in [-0.05, 0) is 127 Å². The predicted molar refractivity (Wildman–Crippen MR) is 138 cm³/mol. The second kappa shape index (κ2) is 8.97. The van der Waals surface area contributed by atoms with Crippen LogP contribution in [0.2, 0.25) is 0 Å². The Morgan fingerprint density at radius 2 is 1.55 bits per heavy atom. The maximum atomic E-state index is 11.9. The first-order valence-electron chi connectivity index (χ1n) is 11.8. The summed E-state index contributed by atoms with van der Waals surface area (Å²) in [5.41, 5.74) is 4.27. The quantitative estimate of drug-likeness (QED) is 0.218. The second-order valence-corrected chi connectivity index (χ2v) is 11.3. The highest BCUT2D eigenvalue weighted by molar-refractivity contribution is 14.1. The van der Waals surface area contributed by atoms with Crippen molar-refractivity contribution >= 4 is 34.1 Å². The van der Waals surface area contributed by atoms with E-state index < -0.39 is 0 Å². The molecule has 0 spiro atoms. The first kappa shape index (κ1) is 22.8. The topological polar surface area (TPSA) is 44.8 Å². The van der Waals surface area contributed by atoms with Gasteiger partial charge in [-0.1, -0.05) is 12.1 Å². The Morgan fingerprint density at radius 1 is 0.939 bits per heavy atom. The van der Waals surface area contributed by atoms with Gasteiger partial charge < -0.3 is 14.2 Å². The van der Waals surface area contributed by atoms with Crippen molar-refractivity contribution in [2.45, 2.75) is 50.9 Å². The van der Waals surface area contributed by atoms with Gasteiger partial charge in [0.25, 0.3) is 0 Å². The maximum absolute atomic E-state index is 11.9. The molecule has 0 aliphatic heterocycles. The molecule has 0 saturated heterocycles. The third-order valence-electron chi connectivity index (χ3n) is 7.98. The van der Waals surface area contributed by atoms with Crippen molar-refractivity contribution in [2.75, 3.05) is 14.2 Å². The summed E-state index contributed by atoms with van der Waals surface area (Å²) < 4.78 is 17.7. The number of halogens is 1. The van der Waals surface area contributed by atoms with Crippen molar-refractivity contribution in [3.8, 4) is 11.5 Å². The molecule has 5 heteroatoms. The minimum absolute atomic E-state index is 0.303. The highest BCUT2D eigenvalue weighted by Gasteiger charge is 2.52. The number of hydrogen-bond donors (Lipinski definition) is 0. The van der Waals surface area contributed by atoms with E-state index in [2.05, 4.69) is 40.8 Å². The number of esters is 1. The summed E-state index contributed by atoms with van der Waals surface area (Å²) in [7, 11) is 3.17. The van der Waals surface area contributed by atoms with Gasteiger partial charge >= 0.3 is 5.97 Å². The van der Waals surface area contributed by atoms with Gasteiger partial charge in [-0.2, -0.15) is 0 Å². The van der Waals surface area contributed by atoms with Gasteiger partial charge in [-0.3, -0.25) is 0 Å². The molecule has 33 heavy (non-hydrogen) atoms. The van der Waals surface area contributed by atoms with Crippen LogP contribution in [-0.2, 0) is 10.2 Å². The van der Waals surface area contributed by atoms with E-state index in [-0.39, 0.29) is 5.97 Å². The van der Waals surface area contributed by atoms with Gasteiger partial charge in [0.05, 0.1) is 29.6 Å². The first-order chi connectivity index (χ1) is 15.9. The standard InChI is InChI=1S/C28H31IO4/c1-17(16-33-26-12-22(27(30)32-3)5-7-24(26)29)21-4-6-23(25(11-21)31-2)28-13-18-8-19(14-28)10-20(9-18)15-28/h4-7,11-12,16,18-20H,8-10,13-15H2,1-3H3/b17-16+. The van der Waals surface area contributed by atoms with Crippen LogP contribution in [0.25, 0.3) is 5.57 Å². The van der Waals surface area contributed by atoms with Gasteiger partial charge in [-0.25, -0.2) is 4.79 Å². The molecule has 2 aromatic carbocycles. The normalized spacial score (nSPS) is 28.0. The summed E-state index contributed by atoms with van der Waals surface area (Å²) in [6.45, 7) is 2.04. The zero-order valence-corrected chi connectivity index (χ0v) is 21.7. The van der Waals surface area contributed by atoms with Crippen LogP contribution in [0, 0.1) is 21.3 Å². The first-order valence-corrected chi connectivity index (χ1v) is 12.9. The van der Waals surface area contributed by atoms with Gasteiger partial charge in [-0.15, -0.1) is 0 Å². The average Bonchev–Trinajstić information content (AvgIpc) is 2.81. The third-order valence-corrected chi connectivity index (χ3v) is 8.87. The van der Waals surface area contributed by atoms with Gasteiger partial charge in [0.15, 0.2) is 0 Å². The smallest absolute Gasteiger partial charge is 0.337 e. The summed E-state index contributed by atoms with van der Waals surface area (Å²) in [5.74, 6) is 3.97. The molecular weight excluding hydrogens is 527 g/mol. The number of carbonyl (C=O) groups excluding carboxylic acids is 1. The lowest BCUT2D eigenvalue weighted by Crippen LogP contribution is -2.48. The molecule has 0 aromatic heterocycles. The van der Waals surface area contributed by atoms with Crippen LogP contribution in [-0.4, -0.2) is 20.2 Å². The fraction of sp³-hybridized carbons (Fsp3) is 0.464. The van der Waals surface area contributed by atoms with Crippen molar-refractivity contribution in [1.29, 1.82) is 0 Å². The minimum atomic E-state index is -0.373. The third kappa shape index (κ3) is 4.29.